The summed E-state index contributed by atoms with van der Waals surface area (Å²) >= 11 is 0. The lowest BCUT2D eigenvalue weighted by Crippen LogP contribution is -2.46. The molecule has 3 aliphatic rings. The van der Waals surface area contributed by atoms with Gasteiger partial charge in [0, 0.05) is 44.8 Å². The summed E-state index contributed by atoms with van der Waals surface area (Å²) in [6, 6.07) is 2.44. The SMILES string of the molecule is CC1CC(NC(=NCC(=O)N(C)C)NC2CC2)CN1C1CC1. The maximum Gasteiger partial charge on any atom is 0.243 e. The van der Waals surface area contributed by atoms with Gasteiger partial charge in [0.2, 0.25) is 5.91 Å². The molecule has 124 valence electrons. The Kier molecular flexibility index (Phi) is 4.57. The van der Waals surface area contributed by atoms with Crippen molar-refractivity contribution in [3.63, 3.8) is 0 Å². The van der Waals surface area contributed by atoms with E-state index in [9.17, 15) is 4.79 Å². The van der Waals surface area contributed by atoms with E-state index in [0.29, 0.717) is 18.1 Å². The van der Waals surface area contributed by atoms with Gasteiger partial charge in [0.05, 0.1) is 0 Å². The van der Waals surface area contributed by atoms with Gasteiger partial charge in [-0.25, -0.2) is 4.99 Å². The molecular weight excluding hydrogens is 278 g/mol. The van der Waals surface area contributed by atoms with Gasteiger partial charge in [-0.15, -0.1) is 0 Å². The van der Waals surface area contributed by atoms with Crippen LogP contribution in [0.15, 0.2) is 4.99 Å². The Hall–Kier alpha value is -1.30. The molecule has 6 nitrogen and oxygen atoms in total. The molecule has 3 rings (SSSR count). The molecule has 6 heteroatoms. The zero-order chi connectivity index (χ0) is 15.7. The summed E-state index contributed by atoms with van der Waals surface area (Å²) in [5.74, 6) is 0.851. The van der Waals surface area contributed by atoms with Crippen LogP contribution in [0.3, 0.4) is 0 Å². The first-order chi connectivity index (χ1) is 10.5. The fourth-order valence-electron chi connectivity index (χ4n) is 3.11. The Balaban J connectivity index is 1.55. The Bertz CT molecular complexity index is 442. The second kappa shape index (κ2) is 6.44. The van der Waals surface area contributed by atoms with Crippen LogP contribution in [0.5, 0.6) is 0 Å². The molecule has 2 atom stereocenters. The highest BCUT2D eigenvalue weighted by molar-refractivity contribution is 5.85. The molecule has 2 aliphatic carbocycles. The number of aliphatic imine (C=N–C) groups is 1. The zero-order valence-electron chi connectivity index (χ0n) is 14.0. The fraction of sp³-hybridized carbons (Fsp3) is 0.875. The monoisotopic (exact) mass is 307 g/mol. The molecule has 0 radical (unpaired) electrons. The molecular formula is C16H29N5O. The van der Waals surface area contributed by atoms with Crippen molar-refractivity contribution in [2.24, 2.45) is 4.99 Å². The van der Waals surface area contributed by atoms with Crippen molar-refractivity contribution in [1.29, 1.82) is 0 Å². The molecule has 3 fully saturated rings. The predicted molar refractivity (Wildman–Crippen MR) is 87.9 cm³/mol. The number of carbonyl (C=O) groups is 1. The molecule has 1 amide bonds. The quantitative estimate of drug-likeness (QED) is 0.570. The third kappa shape index (κ3) is 4.12. The molecule has 0 spiro atoms. The summed E-state index contributed by atoms with van der Waals surface area (Å²) < 4.78 is 0. The summed E-state index contributed by atoms with van der Waals surface area (Å²) in [5, 5.41) is 6.99. The lowest BCUT2D eigenvalue weighted by atomic mass is 10.2. The largest absolute Gasteiger partial charge is 0.354 e. The Morgan fingerprint density at radius 2 is 1.86 bits per heavy atom. The number of likely N-dealkylation sites (tertiary alicyclic amines) is 1. The van der Waals surface area contributed by atoms with E-state index >= 15 is 0 Å². The molecule has 0 aromatic heterocycles. The van der Waals surface area contributed by atoms with Crippen molar-refractivity contribution < 1.29 is 4.79 Å². The van der Waals surface area contributed by atoms with E-state index in [1.54, 1.807) is 19.0 Å². The number of hydrogen-bond acceptors (Lipinski definition) is 3. The summed E-state index contributed by atoms with van der Waals surface area (Å²) in [6.07, 6.45) is 6.28. The molecule has 1 saturated heterocycles. The van der Waals surface area contributed by atoms with Gasteiger partial charge in [0.1, 0.15) is 6.54 Å². The van der Waals surface area contributed by atoms with E-state index in [4.69, 9.17) is 0 Å². The third-order valence-corrected chi connectivity index (χ3v) is 4.77. The van der Waals surface area contributed by atoms with Crippen LogP contribution in [-0.2, 0) is 4.79 Å². The molecule has 1 aliphatic heterocycles. The number of guanidine groups is 1. The van der Waals surface area contributed by atoms with Crippen LogP contribution in [0.4, 0.5) is 0 Å². The van der Waals surface area contributed by atoms with Crippen LogP contribution >= 0.6 is 0 Å². The van der Waals surface area contributed by atoms with Gasteiger partial charge in [-0.2, -0.15) is 0 Å². The number of rotatable bonds is 5. The molecule has 22 heavy (non-hydrogen) atoms. The molecule has 0 aromatic carbocycles. The average molecular weight is 307 g/mol. The van der Waals surface area contributed by atoms with Crippen LogP contribution in [-0.4, -0.2) is 73.0 Å². The molecule has 2 saturated carbocycles. The molecule has 0 bridgehead atoms. The minimum absolute atomic E-state index is 0.0382. The number of carbonyl (C=O) groups excluding carboxylic acids is 1. The minimum atomic E-state index is 0.0382. The van der Waals surface area contributed by atoms with E-state index < -0.39 is 0 Å². The van der Waals surface area contributed by atoms with Crippen LogP contribution in [0.1, 0.15) is 39.0 Å². The summed E-state index contributed by atoms with van der Waals surface area (Å²) in [6.45, 7) is 3.63. The van der Waals surface area contributed by atoms with Crippen molar-refractivity contribution in [2.75, 3.05) is 27.2 Å². The van der Waals surface area contributed by atoms with E-state index in [0.717, 1.165) is 25.0 Å². The normalized spacial score (nSPS) is 29.5. The maximum atomic E-state index is 11.7. The van der Waals surface area contributed by atoms with E-state index in [1.165, 1.54) is 25.7 Å². The predicted octanol–water partition coefficient (Wildman–Crippen LogP) is 0.397. The van der Waals surface area contributed by atoms with E-state index in [2.05, 4.69) is 27.4 Å². The van der Waals surface area contributed by atoms with Crippen LogP contribution < -0.4 is 10.6 Å². The zero-order valence-corrected chi connectivity index (χ0v) is 14.0. The van der Waals surface area contributed by atoms with Crippen molar-refractivity contribution in [1.82, 2.24) is 20.4 Å². The lowest BCUT2D eigenvalue weighted by Gasteiger charge is -2.20. The van der Waals surface area contributed by atoms with Crippen molar-refractivity contribution in [3.8, 4) is 0 Å². The summed E-state index contributed by atoms with van der Waals surface area (Å²) in [4.78, 5) is 20.4. The molecule has 1 heterocycles. The second-order valence-corrected chi connectivity index (χ2v) is 7.23. The topological polar surface area (TPSA) is 60.0 Å². The Morgan fingerprint density at radius 1 is 1.18 bits per heavy atom. The van der Waals surface area contributed by atoms with Crippen LogP contribution in [0, 0.1) is 0 Å². The number of amides is 1. The molecule has 0 aromatic rings. The Labute approximate surface area is 133 Å². The molecule has 2 unspecified atom stereocenters. The van der Waals surface area contributed by atoms with E-state index in [1.807, 2.05) is 0 Å². The molecule has 2 N–H and O–H groups in total. The standard InChI is InChI=1S/C16H29N5O/c1-11-8-13(10-21(11)14-6-7-14)19-16(18-12-4-5-12)17-9-15(22)20(2)3/h11-14H,4-10H2,1-3H3,(H2,17,18,19). The minimum Gasteiger partial charge on any atom is -0.354 e. The van der Waals surface area contributed by atoms with Gasteiger partial charge >= 0.3 is 0 Å². The van der Waals surface area contributed by atoms with Crippen LogP contribution in [0.2, 0.25) is 0 Å². The van der Waals surface area contributed by atoms with E-state index in [-0.39, 0.29) is 12.5 Å². The highest BCUT2D eigenvalue weighted by atomic mass is 16.2. The third-order valence-electron chi connectivity index (χ3n) is 4.77. The van der Waals surface area contributed by atoms with Gasteiger partial charge in [-0.05, 0) is 39.0 Å². The van der Waals surface area contributed by atoms with Crippen molar-refractivity contribution in [2.45, 2.75) is 63.2 Å². The first-order valence-corrected chi connectivity index (χ1v) is 8.56. The number of likely N-dealkylation sites (N-methyl/N-ethyl adjacent to an activating group) is 1. The fourth-order valence-corrected chi connectivity index (χ4v) is 3.11. The first-order valence-electron chi connectivity index (χ1n) is 8.56. The highest BCUT2D eigenvalue weighted by Crippen LogP contribution is 2.33. The van der Waals surface area contributed by atoms with Gasteiger partial charge < -0.3 is 15.5 Å². The lowest BCUT2D eigenvalue weighted by molar-refractivity contribution is -0.127. The number of nitrogens with one attached hydrogen (secondary N) is 2. The smallest absolute Gasteiger partial charge is 0.243 e. The maximum absolute atomic E-state index is 11.7. The van der Waals surface area contributed by atoms with Gasteiger partial charge in [0.15, 0.2) is 5.96 Å². The van der Waals surface area contributed by atoms with Crippen molar-refractivity contribution in [3.05, 3.63) is 0 Å². The van der Waals surface area contributed by atoms with Gasteiger partial charge in [0.25, 0.3) is 0 Å². The highest BCUT2D eigenvalue weighted by Gasteiger charge is 2.39. The van der Waals surface area contributed by atoms with Gasteiger partial charge in [-0.1, -0.05) is 0 Å². The first kappa shape index (κ1) is 15.6. The second-order valence-electron chi connectivity index (χ2n) is 7.23. The van der Waals surface area contributed by atoms with Crippen molar-refractivity contribution >= 4 is 11.9 Å². The Morgan fingerprint density at radius 3 is 2.45 bits per heavy atom. The average Bonchev–Trinajstić information content (AvgIpc) is 3.36. The summed E-state index contributed by atoms with van der Waals surface area (Å²) in [7, 11) is 3.54. The van der Waals surface area contributed by atoms with Crippen LogP contribution in [0.25, 0.3) is 0 Å². The number of hydrogen-bond donors (Lipinski definition) is 2. The summed E-state index contributed by atoms with van der Waals surface area (Å²) in [5.41, 5.74) is 0. The van der Waals surface area contributed by atoms with Gasteiger partial charge in [-0.3, -0.25) is 9.69 Å². The number of nitrogens with zero attached hydrogens (tertiary/aromatic N) is 3.